The average molecular weight is 204 g/mol. The molecule has 0 spiro atoms. The number of nitrogens with zero attached hydrogens (tertiary/aromatic N) is 3. The van der Waals surface area contributed by atoms with Gasteiger partial charge in [-0.3, -0.25) is 0 Å². The van der Waals surface area contributed by atoms with E-state index in [-0.39, 0.29) is 0 Å². The maximum Gasteiger partial charge on any atom is 0.106 e. The van der Waals surface area contributed by atoms with Crippen LogP contribution in [0.1, 0.15) is 5.82 Å². The Kier molecular flexibility index (Phi) is 2.36. The van der Waals surface area contributed by atoms with E-state index in [2.05, 4.69) is 27.8 Å². The highest BCUT2D eigenvalue weighted by molar-refractivity contribution is 5.80. The van der Waals surface area contributed by atoms with Crippen molar-refractivity contribution < 1.29 is 0 Å². The first-order chi connectivity index (χ1) is 7.13. The van der Waals surface area contributed by atoms with Gasteiger partial charge in [-0.1, -0.05) is 0 Å². The Balaban J connectivity index is 2.57. The fraction of sp³-hybridized carbons (Fsp3) is 0.364. The molecular weight excluding hydrogens is 188 g/mol. The highest BCUT2D eigenvalue weighted by Gasteiger charge is 2.06. The number of hydrogen-bond acceptors (Lipinski definition) is 3. The monoisotopic (exact) mass is 204 g/mol. The van der Waals surface area contributed by atoms with Crippen LogP contribution in [0.2, 0.25) is 0 Å². The van der Waals surface area contributed by atoms with Crippen LogP contribution in [0.5, 0.6) is 0 Å². The van der Waals surface area contributed by atoms with Crippen molar-refractivity contribution in [3.63, 3.8) is 0 Å². The van der Waals surface area contributed by atoms with Gasteiger partial charge in [0.05, 0.1) is 17.7 Å². The van der Waals surface area contributed by atoms with Crippen molar-refractivity contribution >= 4 is 16.7 Å². The molecule has 2 aromatic rings. The Labute approximate surface area is 89.3 Å². The van der Waals surface area contributed by atoms with Crippen LogP contribution in [0.25, 0.3) is 11.0 Å². The molecule has 1 aromatic heterocycles. The molecule has 0 saturated heterocycles. The highest BCUT2D eigenvalue weighted by Crippen LogP contribution is 2.20. The van der Waals surface area contributed by atoms with E-state index in [0.29, 0.717) is 6.67 Å². The van der Waals surface area contributed by atoms with Gasteiger partial charge in [-0.25, -0.2) is 4.98 Å². The number of fused-ring (bicyclic) bond motifs is 1. The van der Waals surface area contributed by atoms with Crippen molar-refractivity contribution in [2.24, 2.45) is 12.8 Å². The maximum atomic E-state index is 5.58. The largest absolute Gasteiger partial charge is 0.362 e. The number of anilines is 1. The fourth-order valence-corrected chi connectivity index (χ4v) is 1.65. The lowest BCUT2D eigenvalue weighted by atomic mass is 10.2. The molecule has 0 fully saturated rings. The molecule has 0 radical (unpaired) electrons. The van der Waals surface area contributed by atoms with Crippen LogP contribution in [0.15, 0.2) is 18.2 Å². The molecule has 80 valence electrons. The summed E-state index contributed by atoms with van der Waals surface area (Å²) in [6.45, 7) is 2.52. The number of rotatable bonds is 2. The van der Waals surface area contributed by atoms with Gasteiger partial charge < -0.3 is 15.2 Å². The summed E-state index contributed by atoms with van der Waals surface area (Å²) < 4.78 is 2.08. The lowest BCUT2D eigenvalue weighted by molar-refractivity contribution is 0.886. The van der Waals surface area contributed by atoms with E-state index in [9.17, 15) is 0 Å². The molecule has 0 aliphatic heterocycles. The van der Waals surface area contributed by atoms with Crippen molar-refractivity contribution in [3.8, 4) is 0 Å². The molecule has 4 nitrogen and oxygen atoms in total. The summed E-state index contributed by atoms with van der Waals surface area (Å²) in [6, 6.07) is 6.21. The van der Waals surface area contributed by atoms with Crippen molar-refractivity contribution in [1.29, 1.82) is 0 Å². The van der Waals surface area contributed by atoms with E-state index in [1.54, 1.807) is 0 Å². The second-order valence-corrected chi connectivity index (χ2v) is 3.77. The molecule has 1 heterocycles. The van der Waals surface area contributed by atoms with E-state index < -0.39 is 0 Å². The maximum absolute atomic E-state index is 5.58. The summed E-state index contributed by atoms with van der Waals surface area (Å²) in [5, 5.41) is 0. The van der Waals surface area contributed by atoms with Crippen molar-refractivity contribution in [2.75, 3.05) is 18.6 Å². The van der Waals surface area contributed by atoms with Crippen molar-refractivity contribution in [3.05, 3.63) is 24.0 Å². The van der Waals surface area contributed by atoms with E-state index >= 15 is 0 Å². The lowest BCUT2D eigenvalue weighted by Gasteiger charge is -2.16. The first-order valence-electron chi connectivity index (χ1n) is 4.97. The highest BCUT2D eigenvalue weighted by atomic mass is 15.2. The quantitative estimate of drug-likeness (QED) is 0.748. The smallest absolute Gasteiger partial charge is 0.106 e. The summed E-state index contributed by atoms with van der Waals surface area (Å²) in [7, 11) is 3.99. The second kappa shape index (κ2) is 3.55. The minimum Gasteiger partial charge on any atom is -0.362 e. The van der Waals surface area contributed by atoms with Gasteiger partial charge in [0.2, 0.25) is 0 Å². The van der Waals surface area contributed by atoms with Gasteiger partial charge in [0.25, 0.3) is 0 Å². The number of benzene rings is 1. The second-order valence-electron chi connectivity index (χ2n) is 3.77. The molecule has 0 aliphatic rings. The number of aryl methyl sites for hydroxylation is 2. The first-order valence-corrected chi connectivity index (χ1v) is 4.97. The zero-order chi connectivity index (χ0) is 11.0. The Morgan fingerprint density at radius 3 is 2.87 bits per heavy atom. The van der Waals surface area contributed by atoms with Gasteiger partial charge in [-0.05, 0) is 25.1 Å². The van der Waals surface area contributed by atoms with Crippen molar-refractivity contribution in [1.82, 2.24) is 9.55 Å². The van der Waals surface area contributed by atoms with E-state index in [1.165, 1.54) is 0 Å². The third kappa shape index (κ3) is 1.57. The molecule has 0 aliphatic carbocycles. The van der Waals surface area contributed by atoms with Gasteiger partial charge in [0, 0.05) is 19.8 Å². The van der Waals surface area contributed by atoms with Gasteiger partial charge in [0.15, 0.2) is 0 Å². The predicted molar refractivity (Wildman–Crippen MR) is 62.9 cm³/mol. The summed E-state index contributed by atoms with van der Waals surface area (Å²) >= 11 is 0. The summed E-state index contributed by atoms with van der Waals surface area (Å²) in [4.78, 5) is 6.48. The first kappa shape index (κ1) is 9.98. The predicted octanol–water partition coefficient (Wildman–Crippen LogP) is 1.23. The molecule has 2 N–H and O–H groups in total. The Morgan fingerprint density at radius 1 is 1.47 bits per heavy atom. The van der Waals surface area contributed by atoms with E-state index in [4.69, 9.17) is 5.73 Å². The van der Waals surface area contributed by atoms with Crippen LogP contribution < -0.4 is 10.6 Å². The Hall–Kier alpha value is -1.55. The summed E-state index contributed by atoms with van der Waals surface area (Å²) in [5.41, 5.74) is 8.86. The van der Waals surface area contributed by atoms with E-state index in [0.717, 1.165) is 22.5 Å². The topological polar surface area (TPSA) is 47.1 Å². The number of nitrogens with two attached hydrogens (primary N) is 1. The van der Waals surface area contributed by atoms with Crippen LogP contribution >= 0.6 is 0 Å². The number of hydrogen-bond donors (Lipinski definition) is 1. The number of imidazole rings is 1. The molecule has 4 heteroatoms. The molecule has 2 rings (SSSR count). The Bertz CT molecular complexity index is 487. The zero-order valence-corrected chi connectivity index (χ0v) is 9.36. The van der Waals surface area contributed by atoms with Crippen LogP contribution in [0.3, 0.4) is 0 Å². The molecule has 0 saturated carbocycles. The van der Waals surface area contributed by atoms with Crippen LogP contribution in [-0.4, -0.2) is 23.3 Å². The van der Waals surface area contributed by atoms with Gasteiger partial charge in [-0.15, -0.1) is 0 Å². The standard InChI is InChI=1S/C11H16N4/c1-8-13-10-6-9(14(2)7-12)4-5-11(10)15(8)3/h4-6H,7,12H2,1-3H3. The molecule has 0 bridgehead atoms. The van der Waals surface area contributed by atoms with Gasteiger partial charge in [-0.2, -0.15) is 0 Å². The third-order valence-corrected chi connectivity index (χ3v) is 2.80. The Morgan fingerprint density at radius 2 is 2.20 bits per heavy atom. The molecular formula is C11H16N4. The zero-order valence-electron chi connectivity index (χ0n) is 9.36. The van der Waals surface area contributed by atoms with Crippen LogP contribution in [-0.2, 0) is 7.05 Å². The minimum absolute atomic E-state index is 0.511. The van der Waals surface area contributed by atoms with Gasteiger partial charge >= 0.3 is 0 Å². The van der Waals surface area contributed by atoms with E-state index in [1.807, 2.05) is 25.9 Å². The fourth-order valence-electron chi connectivity index (χ4n) is 1.65. The minimum atomic E-state index is 0.511. The van der Waals surface area contributed by atoms with Crippen LogP contribution in [0, 0.1) is 6.92 Å². The SMILES string of the molecule is Cc1nc2cc(N(C)CN)ccc2n1C. The van der Waals surface area contributed by atoms with Crippen molar-refractivity contribution in [2.45, 2.75) is 6.92 Å². The molecule has 0 unspecified atom stereocenters. The summed E-state index contributed by atoms with van der Waals surface area (Å²) in [6.07, 6.45) is 0. The summed E-state index contributed by atoms with van der Waals surface area (Å²) in [5.74, 6) is 1.03. The normalized spacial score (nSPS) is 10.9. The number of aromatic nitrogens is 2. The van der Waals surface area contributed by atoms with Gasteiger partial charge in [0.1, 0.15) is 5.82 Å². The lowest BCUT2D eigenvalue weighted by Crippen LogP contribution is -2.24. The molecule has 0 atom stereocenters. The average Bonchev–Trinajstić information content (AvgIpc) is 2.53. The molecule has 15 heavy (non-hydrogen) atoms. The molecule has 0 amide bonds. The molecule has 1 aromatic carbocycles. The van der Waals surface area contributed by atoms with Crippen LogP contribution in [0.4, 0.5) is 5.69 Å². The third-order valence-electron chi connectivity index (χ3n) is 2.80.